The van der Waals surface area contributed by atoms with Crippen molar-refractivity contribution in [3.8, 4) is 11.5 Å². The lowest BCUT2D eigenvalue weighted by Crippen LogP contribution is -2.47. The molecule has 25 heavy (non-hydrogen) atoms. The van der Waals surface area contributed by atoms with E-state index in [-0.39, 0.29) is 5.92 Å². The van der Waals surface area contributed by atoms with E-state index in [0.29, 0.717) is 17.9 Å². The molecule has 1 fully saturated rings. The monoisotopic (exact) mass is 351 g/mol. The van der Waals surface area contributed by atoms with Gasteiger partial charge in [0.2, 0.25) is 0 Å². The maximum absolute atomic E-state index is 12.3. The lowest BCUT2D eigenvalue weighted by Gasteiger charge is -2.23. The summed E-state index contributed by atoms with van der Waals surface area (Å²) >= 11 is 0. The number of benzene rings is 1. The number of alkyl carbamates (subject to hydrolysis) is 1. The summed E-state index contributed by atoms with van der Waals surface area (Å²) in [6.07, 6.45) is -0.227. The highest BCUT2D eigenvalue weighted by Crippen LogP contribution is 2.53. The van der Waals surface area contributed by atoms with Crippen LogP contribution < -0.4 is 14.8 Å². The van der Waals surface area contributed by atoms with Gasteiger partial charge < -0.3 is 24.3 Å². The Kier molecular flexibility index (Phi) is 5.15. The van der Waals surface area contributed by atoms with Gasteiger partial charge in [-0.05, 0) is 44.9 Å². The summed E-state index contributed by atoms with van der Waals surface area (Å²) in [5.74, 6) is 0.420. The van der Waals surface area contributed by atoms with Crippen molar-refractivity contribution in [2.24, 2.45) is 0 Å². The molecule has 7 nitrogen and oxygen atoms in total. The van der Waals surface area contributed by atoms with Crippen molar-refractivity contribution in [1.82, 2.24) is 5.32 Å². The van der Waals surface area contributed by atoms with Crippen LogP contribution in [0.5, 0.6) is 11.5 Å². The van der Waals surface area contributed by atoms with Crippen molar-refractivity contribution in [3.05, 3.63) is 23.8 Å². The van der Waals surface area contributed by atoms with E-state index in [1.165, 1.54) is 7.11 Å². The van der Waals surface area contributed by atoms with Crippen LogP contribution in [0.15, 0.2) is 18.2 Å². The second-order valence-electron chi connectivity index (χ2n) is 6.96. The summed E-state index contributed by atoms with van der Waals surface area (Å²) in [5.41, 5.74) is -0.940. The highest BCUT2D eigenvalue weighted by molar-refractivity contribution is 5.91. The Bertz CT molecular complexity index is 666. The van der Waals surface area contributed by atoms with E-state index in [9.17, 15) is 9.59 Å². The summed E-state index contributed by atoms with van der Waals surface area (Å²) < 4.78 is 20.7. The fourth-order valence-electron chi connectivity index (χ4n) is 2.82. The summed E-state index contributed by atoms with van der Waals surface area (Å²) in [7, 11) is 4.39. The minimum absolute atomic E-state index is 0.229. The molecule has 0 bridgehead atoms. The van der Waals surface area contributed by atoms with E-state index in [2.05, 4.69) is 5.32 Å². The smallest absolute Gasteiger partial charge is 0.408 e. The third-order valence-electron chi connectivity index (χ3n) is 4.04. The average Bonchev–Trinajstić information content (AvgIpc) is 3.26. The van der Waals surface area contributed by atoms with Crippen molar-refractivity contribution in [3.63, 3.8) is 0 Å². The van der Waals surface area contributed by atoms with Gasteiger partial charge >= 0.3 is 12.1 Å². The Hall–Kier alpha value is -2.44. The van der Waals surface area contributed by atoms with Crippen LogP contribution in [0, 0.1) is 0 Å². The first-order valence-electron chi connectivity index (χ1n) is 7.98. The van der Waals surface area contributed by atoms with E-state index in [4.69, 9.17) is 18.9 Å². The Labute approximate surface area is 147 Å². The molecular weight excluding hydrogens is 326 g/mol. The van der Waals surface area contributed by atoms with E-state index >= 15 is 0 Å². The zero-order chi connectivity index (χ0) is 18.8. The van der Waals surface area contributed by atoms with Gasteiger partial charge in [-0.1, -0.05) is 6.07 Å². The Morgan fingerprint density at radius 1 is 1.12 bits per heavy atom. The number of carbonyl (C=O) groups excluding carboxylic acids is 2. The SMILES string of the molecule is COC(=O)[C@@]1(NC(=O)OC(C)(C)C)C[C@@H]1c1ccc(OC)c(OC)c1. The third kappa shape index (κ3) is 3.97. The fraction of sp³-hybridized carbons (Fsp3) is 0.556. The van der Waals surface area contributed by atoms with Gasteiger partial charge in [-0.25, -0.2) is 9.59 Å². The molecule has 138 valence electrons. The molecule has 1 N–H and O–H groups in total. The second kappa shape index (κ2) is 6.82. The number of esters is 1. The van der Waals surface area contributed by atoms with Crippen molar-refractivity contribution >= 4 is 12.1 Å². The largest absolute Gasteiger partial charge is 0.493 e. The summed E-state index contributed by atoms with van der Waals surface area (Å²) in [6, 6.07) is 5.40. The molecule has 0 aromatic heterocycles. The molecule has 0 spiro atoms. The molecule has 1 aromatic rings. The Balaban J connectivity index is 2.25. The molecule has 0 radical (unpaired) electrons. The van der Waals surface area contributed by atoms with E-state index < -0.39 is 23.2 Å². The lowest BCUT2D eigenvalue weighted by atomic mass is 10.1. The minimum Gasteiger partial charge on any atom is -0.493 e. The number of ether oxygens (including phenoxy) is 4. The first kappa shape index (κ1) is 18.9. The van der Waals surface area contributed by atoms with Crippen molar-refractivity contribution < 1.29 is 28.5 Å². The quantitative estimate of drug-likeness (QED) is 0.821. The zero-order valence-corrected chi connectivity index (χ0v) is 15.5. The van der Waals surface area contributed by atoms with Gasteiger partial charge in [-0.3, -0.25) is 0 Å². The van der Waals surface area contributed by atoms with Crippen LogP contribution in [0.4, 0.5) is 4.79 Å². The summed E-state index contributed by atoms with van der Waals surface area (Å²) in [5, 5.41) is 2.68. The topological polar surface area (TPSA) is 83.1 Å². The number of hydrogen-bond donors (Lipinski definition) is 1. The van der Waals surface area contributed by atoms with Gasteiger partial charge in [0, 0.05) is 5.92 Å². The normalized spacial score (nSPS) is 21.9. The molecule has 1 aliphatic carbocycles. The van der Waals surface area contributed by atoms with E-state index in [1.54, 1.807) is 47.1 Å². The number of carbonyl (C=O) groups is 2. The molecule has 0 aliphatic heterocycles. The Morgan fingerprint density at radius 2 is 1.76 bits per heavy atom. The maximum Gasteiger partial charge on any atom is 0.408 e. The molecule has 1 aromatic carbocycles. The predicted molar refractivity (Wildman–Crippen MR) is 91.0 cm³/mol. The van der Waals surface area contributed by atoms with Crippen LogP contribution in [0.2, 0.25) is 0 Å². The summed E-state index contributed by atoms with van der Waals surface area (Å²) in [4.78, 5) is 24.5. The molecular formula is C18H25NO6. The molecule has 2 atom stereocenters. The zero-order valence-electron chi connectivity index (χ0n) is 15.5. The van der Waals surface area contributed by atoms with Crippen LogP contribution in [0.25, 0.3) is 0 Å². The first-order chi connectivity index (χ1) is 11.7. The highest BCUT2D eigenvalue weighted by atomic mass is 16.6. The number of hydrogen-bond acceptors (Lipinski definition) is 6. The molecule has 7 heteroatoms. The predicted octanol–water partition coefficient (Wildman–Crippen LogP) is 2.63. The maximum atomic E-state index is 12.3. The van der Waals surface area contributed by atoms with E-state index in [0.717, 1.165) is 5.56 Å². The number of rotatable bonds is 5. The Morgan fingerprint density at radius 3 is 2.28 bits per heavy atom. The van der Waals surface area contributed by atoms with Crippen molar-refractivity contribution in [2.45, 2.75) is 44.2 Å². The van der Waals surface area contributed by atoms with Crippen LogP contribution in [-0.2, 0) is 14.3 Å². The molecule has 0 saturated heterocycles. The van der Waals surface area contributed by atoms with Gasteiger partial charge in [0.25, 0.3) is 0 Å². The molecule has 2 rings (SSSR count). The van der Waals surface area contributed by atoms with Crippen LogP contribution >= 0.6 is 0 Å². The van der Waals surface area contributed by atoms with Gasteiger partial charge in [-0.15, -0.1) is 0 Å². The molecule has 0 heterocycles. The van der Waals surface area contributed by atoms with Gasteiger partial charge in [0.15, 0.2) is 11.5 Å². The number of methoxy groups -OCH3 is 3. The number of amides is 1. The van der Waals surface area contributed by atoms with Crippen LogP contribution in [0.3, 0.4) is 0 Å². The highest BCUT2D eigenvalue weighted by Gasteiger charge is 2.63. The molecule has 1 amide bonds. The molecule has 1 saturated carbocycles. The van der Waals surface area contributed by atoms with Gasteiger partial charge in [-0.2, -0.15) is 0 Å². The van der Waals surface area contributed by atoms with Crippen molar-refractivity contribution in [1.29, 1.82) is 0 Å². The lowest BCUT2D eigenvalue weighted by molar-refractivity contribution is -0.144. The average molecular weight is 351 g/mol. The van der Waals surface area contributed by atoms with Crippen molar-refractivity contribution in [2.75, 3.05) is 21.3 Å². The van der Waals surface area contributed by atoms with Gasteiger partial charge in [0.05, 0.1) is 21.3 Å². The fourth-order valence-corrected chi connectivity index (χ4v) is 2.82. The summed E-state index contributed by atoms with van der Waals surface area (Å²) in [6.45, 7) is 5.28. The van der Waals surface area contributed by atoms with E-state index in [1.807, 2.05) is 6.07 Å². The molecule has 1 aliphatic rings. The first-order valence-corrected chi connectivity index (χ1v) is 7.98. The molecule has 0 unspecified atom stereocenters. The number of nitrogens with one attached hydrogen (secondary N) is 1. The van der Waals surface area contributed by atoms with Crippen LogP contribution in [0.1, 0.15) is 38.7 Å². The minimum atomic E-state index is -1.13. The van der Waals surface area contributed by atoms with Crippen LogP contribution in [-0.4, -0.2) is 44.5 Å². The van der Waals surface area contributed by atoms with Gasteiger partial charge in [0.1, 0.15) is 11.1 Å². The second-order valence-corrected chi connectivity index (χ2v) is 6.96. The third-order valence-corrected chi connectivity index (χ3v) is 4.04. The standard InChI is InChI=1S/C18H25NO6/c1-17(2,3)25-16(21)19-18(15(20)24-6)10-12(18)11-7-8-13(22-4)14(9-11)23-5/h7-9,12H,10H2,1-6H3,(H,19,21)/t12-,18-/m1/s1.